The van der Waals surface area contributed by atoms with Gasteiger partial charge in [0.1, 0.15) is 23.3 Å². The third-order valence-electron chi connectivity index (χ3n) is 3.65. The van der Waals surface area contributed by atoms with Crippen molar-refractivity contribution in [3.63, 3.8) is 0 Å². The summed E-state index contributed by atoms with van der Waals surface area (Å²) in [6, 6.07) is 4.10. The van der Waals surface area contributed by atoms with Gasteiger partial charge in [0.15, 0.2) is 0 Å². The van der Waals surface area contributed by atoms with Crippen molar-refractivity contribution in [2.24, 2.45) is 0 Å². The number of rotatable bonds is 6. The minimum absolute atomic E-state index is 0.221. The van der Waals surface area contributed by atoms with E-state index in [4.69, 9.17) is 8.83 Å². The molecule has 0 aliphatic rings. The van der Waals surface area contributed by atoms with Gasteiger partial charge in [-0.2, -0.15) is 0 Å². The first kappa shape index (κ1) is 17.7. The van der Waals surface area contributed by atoms with Gasteiger partial charge in [0, 0.05) is 5.56 Å². The molecule has 0 saturated heterocycles. The summed E-state index contributed by atoms with van der Waals surface area (Å²) >= 11 is 0. The number of furan rings is 2. The zero-order chi connectivity index (χ0) is 17.7. The normalized spacial score (nSPS) is 13.2. The summed E-state index contributed by atoms with van der Waals surface area (Å²) in [6.45, 7) is 7.47. The van der Waals surface area contributed by atoms with Crippen molar-refractivity contribution in [2.75, 3.05) is 0 Å². The number of carbonyl (C=O) groups excluding carboxylic acids is 2. The molecule has 0 aliphatic carbocycles. The second kappa shape index (κ2) is 7.72. The third-order valence-corrected chi connectivity index (χ3v) is 3.65. The Kier molecular flexibility index (Phi) is 5.68. The van der Waals surface area contributed by atoms with E-state index in [1.165, 1.54) is 6.26 Å². The van der Waals surface area contributed by atoms with Gasteiger partial charge < -0.3 is 24.8 Å². The van der Waals surface area contributed by atoms with E-state index in [9.17, 15) is 9.59 Å². The highest BCUT2D eigenvalue weighted by Gasteiger charge is 2.19. The molecule has 130 valence electrons. The van der Waals surface area contributed by atoms with E-state index in [1.807, 2.05) is 26.8 Å². The van der Waals surface area contributed by atoms with E-state index in [2.05, 4.69) is 16.0 Å². The Morgan fingerprint density at radius 1 is 1.21 bits per heavy atom. The topological polar surface area (TPSA) is 96.5 Å². The Hall–Kier alpha value is -2.70. The number of urea groups is 1. The zero-order valence-electron chi connectivity index (χ0n) is 14.3. The average molecular weight is 333 g/mol. The van der Waals surface area contributed by atoms with Crippen LogP contribution in [0.25, 0.3) is 0 Å². The van der Waals surface area contributed by atoms with Crippen molar-refractivity contribution < 1.29 is 18.4 Å². The van der Waals surface area contributed by atoms with Crippen molar-refractivity contribution in [1.82, 2.24) is 16.0 Å². The maximum absolute atomic E-state index is 12.0. The Morgan fingerprint density at radius 3 is 2.54 bits per heavy atom. The number of hydrogen-bond donors (Lipinski definition) is 3. The van der Waals surface area contributed by atoms with Crippen LogP contribution in [0.2, 0.25) is 0 Å². The van der Waals surface area contributed by atoms with Gasteiger partial charge in [0.25, 0.3) is 0 Å². The number of carbonyl (C=O) groups is 2. The molecule has 0 aromatic carbocycles. The van der Waals surface area contributed by atoms with Crippen LogP contribution in [-0.2, 0) is 11.3 Å². The largest absolute Gasteiger partial charge is 0.467 e. The van der Waals surface area contributed by atoms with E-state index in [0.29, 0.717) is 5.76 Å². The highest BCUT2D eigenvalue weighted by Crippen LogP contribution is 2.20. The number of amides is 3. The summed E-state index contributed by atoms with van der Waals surface area (Å²) in [4.78, 5) is 24.0. The van der Waals surface area contributed by atoms with Crippen molar-refractivity contribution in [1.29, 1.82) is 0 Å². The van der Waals surface area contributed by atoms with Crippen molar-refractivity contribution >= 4 is 11.9 Å². The summed E-state index contributed by atoms with van der Waals surface area (Å²) in [5, 5.41) is 8.11. The second-order valence-electron chi connectivity index (χ2n) is 5.73. The molecule has 0 fully saturated rings. The van der Waals surface area contributed by atoms with Crippen LogP contribution in [0.5, 0.6) is 0 Å². The molecule has 0 spiro atoms. The molecule has 0 bridgehead atoms. The highest BCUT2D eigenvalue weighted by atomic mass is 16.3. The van der Waals surface area contributed by atoms with Gasteiger partial charge >= 0.3 is 6.03 Å². The van der Waals surface area contributed by atoms with Crippen LogP contribution in [-0.4, -0.2) is 18.0 Å². The fourth-order valence-electron chi connectivity index (χ4n) is 2.40. The molecule has 2 rings (SSSR count). The SMILES string of the molecule is Cc1cc([C@H](C)NC(=O)N[C@@H](C)C(=O)NCc2ccco2)c(C)o1. The van der Waals surface area contributed by atoms with Crippen molar-refractivity contribution in [3.05, 3.63) is 47.3 Å². The summed E-state index contributed by atoms with van der Waals surface area (Å²) in [7, 11) is 0. The van der Waals surface area contributed by atoms with Gasteiger partial charge in [-0.1, -0.05) is 0 Å². The van der Waals surface area contributed by atoms with Gasteiger partial charge in [-0.3, -0.25) is 4.79 Å². The van der Waals surface area contributed by atoms with Crippen LogP contribution in [0.15, 0.2) is 33.3 Å². The van der Waals surface area contributed by atoms with E-state index >= 15 is 0 Å². The summed E-state index contributed by atoms with van der Waals surface area (Å²) < 4.78 is 10.6. The molecule has 2 heterocycles. The van der Waals surface area contributed by atoms with Gasteiger partial charge in [-0.25, -0.2) is 4.79 Å². The predicted molar refractivity (Wildman–Crippen MR) is 88.3 cm³/mol. The molecule has 3 N–H and O–H groups in total. The molecule has 7 nitrogen and oxygen atoms in total. The van der Waals surface area contributed by atoms with Gasteiger partial charge in [0.05, 0.1) is 18.8 Å². The van der Waals surface area contributed by atoms with Gasteiger partial charge in [0.2, 0.25) is 5.91 Å². The van der Waals surface area contributed by atoms with Crippen LogP contribution in [0.4, 0.5) is 4.79 Å². The molecule has 0 aliphatic heterocycles. The molecule has 0 radical (unpaired) electrons. The maximum Gasteiger partial charge on any atom is 0.315 e. The smallest absolute Gasteiger partial charge is 0.315 e. The minimum atomic E-state index is -0.667. The van der Waals surface area contributed by atoms with Gasteiger partial charge in [-0.05, 0) is 45.9 Å². The molecule has 3 amide bonds. The lowest BCUT2D eigenvalue weighted by molar-refractivity contribution is -0.122. The number of hydrogen-bond acceptors (Lipinski definition) is 4. The Labute approximate surface area is 140 Å². The Morgan fingerprint density at radius 2 is 1.96 bits per heavy atom. The van der Waals surface area contributed by atoms with Crippen molar-refractivity contribution in [2.45, 2.75) is 46.3 Å². The summed E-state index contributed by atoms with van der Waals surface area (Å²) in [5.74, 6) is 1.93. The van der Waals surface area contributed by atoms with E-state index in [0.717, 1.165) is 17.1 Å². The van der Waals surface area contributed by atoms with Crippen LogP contribution in [0.1, 0.15) is 42.7 Å². The standard InChI is InChI=1S/C17H23N3O4/c1-10-8-15(13(4)24-10)11(2)19-17(22)20-12(3)16(21)18-9-14-6-5-7-23-14/h5-8,11-12H,9H2,1-4H3,(H,18,21)(H2,19,20,22)/t11-,12-/m0/s1. The van der Waals surface area contributed by atoms with Crippen LogP contribution in [0, 0.1) is 13.8 Å². The maximum atomic E-state index is 12.0. The average Bonchev–Trinajstić information content (AvgIpc) is 3.13. The molecule has 2 aromatic rings. The molecule has 0 unspecified atom stereocenters. The van der Waals surface area contributed by atoms with E-state index in [-0.39, 0.29) is 18.5 Å². The van der Waals surface area contributed by atoms with Crippen molar-refractivity contribution in [3.8, 4) is 0 Å². The predicted octanol–water partition coefficient (Wildman–Crippen LogP) is 2.55. The van der Waals surface area contributed by atoms with E-state index < -0.39 is 12.1 Å². The molecule has 2 aromatic heterocycles. The zero-order valence-corrected chi connectivity index (χ0v) is 14.3. The quantitative estimate of drug-likeness (QED) is 0.757. The van der Waals surface area contributed by atoms with Crippen LogP contribution in [0.3, 0.4) is 0 Å². The van der Waals surface area contributed by atoms with Gasteiger partial charge in [-0.15, -0.1) is 0 Å². The Balaban J connectivity index is 1.80. The molecule has 0 saturated carbocycles. The van der Waals surface area contributed by atoms with Crippen LogP contribution >= 0.6 is 0 Å². The summed E-state index contributed by atoms with van der Waals surface area (Å²) in [5.41, 5.74) is 0.914. The summed E-state index contributed by atoms with van der Waals surface area (Å²) in [6.07, 6.45) is 1.54. The lowest BCUT2D eigenvalue weighted by Gasteiger charge is -2.17. The molecule has 24 heavy (non-hydrogen) atoms. The first-order valence-corrected chi connectivity index (χ1v) is 7.81. The first-order chi connectivity index (χ1) is 11.4. The number of aryl methyl sites for hydroxylation is 2. The fraction of sp³-hybridized carbons (Fsp3) is 0.412. The second-order valence-corrected chi connectivity index (χ2v) is 5.73. The van der Waals surface area contributed by atoms with Crippen LogP contribution < -0.4 is 16.0 Å². The first-order valence-electron chi connectivity index (χ1n) is 7.81. The fourth-order valence-corrected chi connectivity index (χ4v) is 2.40. The molecule has 7 heteroatoms. The van der Waals surface area contributed by atoms with E-state index in [1.54, 1.807) is 19.1 Å². The molecular formula is C17H23N3O4. The lowest BCUT2D eigenvalue weighted by Crippen LogP contribution is -2.48. The Bertz CT molecular complexity index is 691. The molecular weight excluding hydrogens is 310 g/mol. The minimum Gasteiger partial charge on any atom is -0.467 e. The molecule has 2 atom stereocenters. The number of nitrogens with one attached hydrogen (secondary N) is 3. The highest BCUT2D eigenvalue weighted by molar-refractivity contribution is 5.86. The lowest BCUT2D eigenvalue weighted by atomic mass is 10.1. The third kappa shape index (κ3) is 4.65. The monoisotopic (exact) mass is 333 g/mol.